The van der Waals surface area contributed by atoms with Gasteiger partial charge in [0, 0.05) is 11.9 Å². The molecule has 3 rings (SSSR count). The van der Waals surface area contributed by atoms with E-state index in [9.17, 15) is 4.79 Å². The van der Waals surface area contributed by atoms with Crippen LogP contribution in [0.3, 0.4) is 0 Å². The molecule has 1 heterocycles. The van der Waals surface area contributed by atoms with Crippen molar-refractivity contribution in [3.8, 4) is 11.5 Å². The third-order valence-electron chi connectivity index (χ3n) is 4.06. The van der Waals surface area contributed by atoms with Gasteiger partial charge in [-0.3, -0.25) is 4.79 Å². The minimum absolute atomic E-state index is 0.0953. The lowest BCUT2D eigenvalue weighted by molar-refractivity contribution is 0.465. The van der Waals surface area contributed by atoms with Crippen LogP contribution < -0.4 is 10.3 Å². The molecule has 0 bridgehead atoms. The first-order valence-corrected chi connectivity index (χ1v) is 7.48. The van der Waals surface area contributed by atoms with Gasteiger partial charge in [-0.25, -0.2) is 0 Å². The highest BCUT2D eigenvalue weighted by Gasteiger charge is 2.11. The molecule has 3 heteroatoms. The summed E-state index contributed by atoms with van der Waals surface area (Å²) in [5, 5.41) is 1.00. The van der Waals surface area contributed by atoms with Crippen molar-refractivity contribution >= 4 is 10.9 Å². The minimum Gasteiger partial charge on any atom is -0.451 e. The van der Waals surface area contributed by atoms with E-state index in [4.69, 9.17) is 4.74 Å². The fourth-order valence-corrected chi connectivity index (χ4v) is 2.64. The first-order valence-electron chi connectivity index (χ1n) is 7.48. The van der Waals surface area contributed by atoms with E-state index < -0.39 is 0 Å². The molecule has 0 N–H and O–H groups in total. The quantitative estimate of drug-likeness (QED) is 0.715. The molecule has 0 saturated heterocycles. The Balaban J connectivity index is 2.17. The fourth-order valence-electron chi connectivity index (χ4n) is 2.64. The lowest BCUT2D eigenvalue weighted by Crippen LogP contribution is -2.20. The highest BCUT2D eigenvalue weighted by atomic mass is 16.5. The molecule has 0 aliphatic carbocycles. The van der Waals surface area contributed by atoms with Crippen molar-refractivity contribution in [1.82, 2.24) is 4.57 Å². The second-order valence-electron chi connectivity index (χ2n) is 5.42. The lowest BCUT2D eigenvalue weighted by atomic mass is 10.1. The van der Waals surface area contributed by atoms with Crippen molar-refractivity contribution < 1.29 is 4.74 Å². The fraction of sp³-hybridized carbons (Fsp3) is 0.211. The summed E-state index contributed by atoms with van der Waals surface area (Å²) in [6, 6.07) is 15.6. The number of aromatic nitrogens is 1. The Bertz CT molecular complexity index is 894. The number of aryl methyl sites for hydroxylation is 2. The van der Waals surface area contributed by atoms with E-state index in [0.29, 0.717) is 12.3 Å². The van der Waals surface area contributed by atoms with Gasteiger partial charge in [0.15, 0.2) is 5.75 Å². The summed E-state index contributed by atoms with van der Waals surface area (Å²) in [5.74, 6) is 1.10. The van der Waals surface area contributed by atoms with E-state index in [2.05, 4.69) is 0 Å². The molecule has 3 aromatic rings. The zero-order chi connectivity index (χ0) is 15.7. The van der Waals surface area contributed by atoms with Gasteiger partial charge in [0.05, 0.1) is 5.52 Å². The summed E-state index contributed by atoms with van der Waals surface area (Å²) < 4.78 is 7.68. The zero-order valence-electron chi connectivity index (χ0n) is 13.1. The molecule has 1 aromatic heterocycles. The number of hydrogen-bond acceptors (Lipinski definition) is 2. The first kappa shape index (κ1) is 14.4. The minimum atomic E-state index is -0.0953. The summed E-state index contributed by atoms with van der Waals surface area (Å²) in [4.78, 5) is 12.7. The van der Waals surface area contributed by atoms with Crippen LogP contribution in [-0.4, -0.2) is 4.57 Å². The number of rotatable bonds is 3. The monoisotopic (exact) mass is 293 g/mol. The summed E-state index contributed by atoms with van der Waals surface area (Å²) in [6.07, 6.45) is 0. The second-order valence-corrected chi connectivity index (χ2v) is 5.42. The van der Waals surface area contributed by atoms with Gasteiger partial charge in [-0.2, -0.15) is 0 Å². The Labute approximate surface area is 129 Å². The maximum Gasteiger partial charge on any atom is 0.294 e. The van der Waals surface area contributed by atoms with Crippen molar-refractivity contribution in [3.63, 3.8) is 0 Å². The number of nitrogens with zero attached hydrogens (tertiary/aromatic N) is 1. The SMILES string of the molecule is CCn1c(=O)c(Oc2cccc(C)c2C)cc2ccccc21. The highest BCUT2D eigenvalue weighted by Crippen LogP contribution is 2.26. The standard InChI is InChI=1S/C19H19NO2/c1-4-20-16-10-6-5-9-15(16)12-18(19(20)21)22-17-11-7-8-13(2)14(17)3/h5-12H,4H2,1-3H3. The molecule has 0 atom stereocenters. The van der Waals surface area contributed by atoms with Gasteiger partial charge >= 0.3 is 0 Å². The van der Waals surface area contributed by atoms with E-state index in [-0.39, 0.29) is 5.56 Å². The number of ether oxygens (including phenoxy) is 1. The highest BCUT2D eigenvalue weighted by molar-refractivity contribution is 5.80. The maximum absolute atomic E-state index is 12.7. The van der Waals surface area contributed by atoms with Crippen LogP contribution in [0.15, 0.2) is 53.3 Å². The third kappa shape index (κ3) is 2.39. The van der Waals surface area contributed by atoms with Gasteiger partial charge in [0.2, 0.25) is 0 Å². The van der Waals surface area contributed by atoms with E-state index in [1.807, 2.05) is 69.3 Å². The summed E-state index contributed by atoms with van der Waals surface area (Å²) in [5.41, 5.74) is 3.04. The van der Waals surface area contributed by atoms with Crippen molar-refractivity contribution in [2.45, 2.75) is 27.3 Å². The molecule has 0 unspecified atom stereocenters. The largest absolute Gasteiger partial charge is 0.451 e. The Morgan fingerprint density at radius 2 is 1.77 bits per heavy atom. The molecule has 0 saturated carbocycles. The van der Waals surface area contributed by atoms with Crippen LogP contribution >= 0.6 is 0 Å². The average Bonchev–Trinajstić information content (AvgIpc) is 2.52. The molecule has 112 valence electrons. The number of para-hydroxylation sites is 1. The van der Waals surface area contributed by atoms with Crippen molar-refractivity contribution in [1.29, 1.82) is 0 Å². The molecule has 0 spiro atoms. The molecule has 3 nitrogen and oxygen atoms in total. The summed E-state index contributed by atoms with van der Waals surface area (Å²) in [6.45, 7) is 6.62. The predicted molar refractivity (Wildman–Crippen MR) is 89.9 cm³/mol. The Morgan fingerprint density at radius 1 is 1.00 bits per heavy atom. The van der Waals surface area contributed by atoms with Gasteiger partial charge in [0.25, 0.3) is 5.56 Å². The molecule has 22 heavy (non-hydrogen) atoms. The first-order chi connectivity index (χ1) is 10.6. The molecule has 2 aromatic carbocycles. The topological polar surface area (TPSA) is 31.2 Å². The van der Waals surface area contributed by atoms with Gasteiger partial charge in [-0.1, -0.05) is 30.3 Å². The van der Waals surface area contributed by atoms with E-state index >= 15 is 0 Å². The molecular weight excluding hydrogens is 274 g/mol. The normalized spacial score (nSPS) is 10.9. The van der Waals surface area contributed by atoms with Crippen LogP contribution in [0.4, 0.5) is 0 Å². The van der Waals surface area contributed by atoms with Crippen molar-refractivity contribution in [2.24, 2.45) is 0 Å². The van der Waals surface area contributed by atoms with Gasteiger partial charge in [-0.05, 0) is 50.1 Å². The summed E-state index contributed by atoms with van der Waals surface area (Å²) in [7, 11) is 0. The van der Waals surface area contributed by atoms with Crippen molar-refractivity contribution in [3.05, 3.63) is 70.0 Å². The molecular formula is C19H19NO2. The Kier molecular flexibility index (Phi) is 3.72. The molecule has 0 amide bonds. The van der Waals surface area contributed by atoms with Crippen LogP contribution in [0.1, 0.15) is 18.1 Å². The average molecular weight is 293 g/mol. The number of pyridine rings is 1. The summed E-state index contributed by atoms with van der Waals surface area (Å²) >= 11 is 0. The molecule has 0 fully saturated rings. The van der Waals surface area contributed by atoms with Crippen LogP contribution in [0.25, 0.3) is 10.9 Å². The van der Waals surface area contributed by atoms with Gasteiger partial charge < -0.3 is 9.30 Å². The van der Waals surface area contributed by atoms with Crippen LogP contribution in [0.5, 0.6) is 11.5 Å². The molecule has 0 radical (unpaired) electrons. The lowest BCUT2D eigenvalue weighted by Gasteiger charge is -2.13. The number of fused-ring (bicyclic) bond motifs is 1. The second kappa shape index (κ2) is 5.68. The van der Waals surface area contributed by atoms with Gasteiger partial charge in [-0.15, -0.1) is 0 Å². The van der Waals surface area contributed by atoms with Crippen LogP contribution in [0, 0.1) is 13.8 Å². The zero-order valence-corrected chi connectivity index (χ0v) is 13.1. The van der Waals surface area contributed by atoms with Crippen LogP contribution in [-0.2, 0) is 6.54 Å². The van der Waals surface area contributed by atoms with E-state index in [0.717, 1.165) is 27.8 Å². The van der Waals surface area contributed by atoms with Crippen molar-refractivity contribution in [2.75, 3.05) is 0 Å². The Hall–Kier alpha value is -2.55. The molecule has 0 aliphatic rings. The number of hydrogen-bond donors (Lipinski definition) is 0. The number of benzene rings is 2. The third-order valence-corrected chi connectivity index (χ3v) is 4.06. The maximum atomic E-state index is 12.7. The predicted octanol–water partition coefficient (Wildman–Crippen LogP) is 4.43. The van der Waals surface area contributed by atoms with E-state index in [1.54, 1.807) is 4.57 Å². The van der Waals surface area contributed by atoms with Crippen LogP contribution in [0.2, 0.25) is 0 Å². The molecule has 0 aliphatic heterocycles. The van der Waals surface area contributed by atoms with Gasteiger partial charge in [0.1, 0.15) is 5.75 Å². The smallest absolute Gasteiger partial charge is 0.294 e. The Morgan fingerprint density at radius 3 is 2.55 bits per heavy atom. The van der Waals surface area contributed by atoms with E-state index in [1.165, 1.54) is 0 Å².